The largest absolute Gasteiger partial charge is 0.326 e. The summed E-state index contributed by atoms with van der Waals surface area (Å²) < 4.78 is 0. The third-order valence-electron chi connectivity index (χ3n) is 1.14. The van der Waals surface area contributed by atoms with Gasteiger partial charge in [0.05, 0.1) is 17.6 Å². The van der Waals surface area contributed by atoms with E-state index in [2.05, 4.69) is 15.5 Å². The molecule has 0 atom stereocenters. The number of nitrogens with two attached hydrogens (primary N) is 1. The average molecular weight is 140 g/mol. The highest BCUT2D eigenvalue weighted by Gasteiger charge is 1.99. The monoisotopic (exact) mass is 140 g/mol. The molecule has 10 heavy (non-hydrogen) atoms. The summed E-state index contributed by atoms with van der Waals surface area (Å²) in [7, 11) is 0. The van der Waals surface area contributed by atoms with Gasteiger partial charge < -0.3 is 11.1 Å². The van der Waals surface area contributed by atoms with E-state index >= 15 is 0 Å². The number of carbonyl (C=O) groups excluding carboxylic acids is 1. The van der Waals surface area contributed by atoms with Gasteiger partial charge in [0.15, 0.2) is 0 Å². The van der Waals surface area contributed by atoms with Crippen LogP contribution in [0.25, 0.3) is 0 Å². The lowest BCUT2D eigenvalue weighted by molar-refractivity contribution is -0.105. The zero-order valence-corrected chi connectivity index (χ0v) is 5.29. The summed E-state index contributed by atoms with van der Waals surface area (Å²) >= 11 is 0. The molecule has 0 aliphatic carbocycles. The van der Waals surface area contributed by atoms with Crippen LogP contribution in [-0.4, -0.2) is 16.6 Å². The molecule has 1 heterocycles. The van der Waals surface area contributed by atoms with Crippen molar-refractivity contribution in [2.75, 3.05) is 5.32 Å². The Morgan fingerprint density at radius 2 is 2.70 bits per heavy atom. The maximum atomic E-state index is 9.95. The molecule has 54 valence electrons. The molecule has 4 N–H and O–H groups in total. The number of anilines is 1. The molecule has 0 spiro atoms. The number of hydrogen-bond acceptors (Lipinski definition) is 3. The van der Waals surface area contributed by atoms with Gasteiger partial charge in [-0.3, -0.25) is 9.89 Å². The third kappa shape index (κ3) is 1.14. The van der Waals surface area contributed by atoms with Crippen LogP contribution in [0, 0.1) is 0 Å². The number of nitrogens with zero attached hydrogens (tertiary/aromatic N) is 1. The standard InChI is InChI=1S/C5H8N4O/c6-1-4-5(7-3-10)2-8-9-4/h2-3H,1,6H2,(H,7,10)(H,8,9). The average Bonchev–Trinajstić information content (AvgIpc) is 2.36. The fraction of sp³-hybridized carbons (Fsp3) is 0.200. The second kappa shape index (κ2) is 2.98. The molecule has 1 aromatic heterocycles. The van der Waals surface area contributed by atoms with Crippen LogP contribution in [0.5, 0.6) is 0 Å². The minimum atomic E-state index is 0.343. The summed E-state index contributed by atoms with van der Waals surface area (Å²) in [6.45, 7) is 0.343. The molecule has 0 unspecified atom stereocenters. The first-order chi connectivity index (χ1) is 4.88. The number of carbonyl (C=O) groups is 1. The van der Waals surface area contributed by atoms with E-state index in [1.165, 1.54) is 6.20 Å². The smallest absolute Gasteiger partial charge is 0.211 e. The third-order valence-corrected chi connectivity index (χ3v) is 1.14. The van der Waals surface area contributed by atoms with Crippen LogP contribution in [0.3, 0.4) is 0 Å². The molecule has 0 bridgehead atoms. The van der Waals surface area contributed by atoms with Crippen molar-refractivity contribution in [2.24, 2.45) is 5.73 Å². The molecule has 1 amide bonds. The first-order valence-electron chi connectivity index (χ1n) is 2.81. The van der Waals surface area contributed by atoms with Crippen molar-refractivity contribution < 1.29 is 4.79 Å². The quantitative estimate of drug-likeness (QED) is 0.492. The molecule has 5 nitrogen and oxygen atoms in total. The van der Waals surface area contributed by atoms with Crippen molar-refractivity contribution in [1.82, 2.24) is 10.2 Å². The molecular formula is C5H8N4O. The first-order valence-corrected chi connectivity index (χ1v) is 2.81. The zero-order valence-electron chi connectivity index (χ0n) is 5.29. The van der Waals surface area contributed by atoms with E-state index in [0.29, 0.717) is 18.6 Å². The van der Waals surface area contributed by atoms with E-state index in [-0.39, 0.29) is 0 Å². The highest BCUT2D eigenvalue weighted by Crippen LogP contribution is 2.07. The highest BCUT2D eigenvalue weighted by atomic mass is 16.1. The van der Waals surface area contributed by atoms with E-state index in [0.717, 1.165) is 5.69 Å². The molecule has 0 saturated heterocycles. The van der Waals surface area contributed by atoms with Crippen molar-refractivity contribution in [3.05, 3.63) is 11.9 Å². The van der Waals surface area contributed by atoms with Gasteiger partial charge in [0.1, 0.15) is 0 Å². The molecular weight excluding hydrogens is 132 g/mol. The number of aromatic nitrogens is 2. The van der Waals surface area contributed by atoms with Crippen LogP contribution in [-0.2, 0) is 11.3 Å². The molecule has 1 rings (SSSR count). The summed E-state index contributed by atoms with van der Waals surface area (Å²) in [5.74, 6) is 0. The number of nitrogens with one attached hydrogen (secondary N) is 2. The van der Waals surface area contributed by atoms with Crippen LogP contribution in [0.4, 0.5) is 5.69 Å². The van der Waals surface area contributed by atoms with Gasteiger partial charge in [-0.05, 0) is 0 Å². The fourth-order valence-electron chi connectivity index (χ4n) is 0.656. The lowest BCUT2D eigenvalue weighted by Crippen LogP contribution is -2.02. The number of aromatic amines is 1. The van der Waals surface area contributed by atoms with Gasteiger partial charge in [0.2, 0.25) is 6.41 Å². The van der Waals surface area contributed by atoms with Crippen LogP contribution < -0.4 is 11.1 Å². The Kier molecular flexibility index (Phi) is 2.01. The maximum Gasteiger partial charge on any atom is 0.211 e. The number of H-pyrrole nitrogens is 1. The van der Waals surface area contributed by atoms with Crippen molar-refractivity contribution >= 4 is 12.1 Å². The molecule has 0 aromatic carbocycles. The molecule has 0 saturated carbocycles. The molecule has 5 heteroatoms. The van der Waals surface area contributed by atoms with E-state index in [4.69, 9.17) is 5.73 Å². The van der Waals surface area contributed by atoms with E-state index in [9.17, 15) is 4.79 Å². The minimum absolute atomic E-state index is 0.343. The SMILES string of the molecule is NCc1[nH]ncc1NC=O. The van der Waals surface area contributed by atoms with E-state index in [1.807, 2.05) is 0 Å². The van der Waals surface area contributed by atoms with Crippen molar-refractivity contribution in [3.8, 4) is 0 Å². The van der Waals surface area contributed by atoms with Crippen LogP contribution in [0.2, 0.25) is 0 Å². The van der Waals surface area contributed by atoms with Crippen molar-refractivity contribution in [2.45, 2.75) is 6.54 Å². The lowest BCUT2D eigenvalue weighted by atomic mass is 10.4. The zero-order chi connectivity index (χ0) is 7.40. The van der Waals surface area contributed by atoms with Gasteiger partial charge in [-0.15, -0.1) is 0 Å². The van der Waals surface area contributed by atoms with Gasteiger partial charge in [0.25, 0.3) is 0 Å². The lowest BCUT2D eigenvalue weighted by Gasteiger charge is -1.94. The molecule has 0 aliphatic rings. The second-order valence-electron chi connectivity index (χ2n) is 1.73. The van der Waals surface area contributed by atoms with E-state index < -0.39 is 0 Å². The van der Waals surface area contributed by atoms with E-state index in [1.54, 1.807) is 0 Å². The van der Waals surface area contributed by atoms with Crippen LogP contribution >= 0.6 is 0 Å². The first kappa shape index (κ1) is 6.76. The van der Waals surface area contributed by atoms with Crippen molar-refractivity contribution in [1.29, 1.82) is 0 Å². The fourth-order valence-corrected chi connectivity index (χ4v) is 0.656. The number of amides is 1. The Morgan fingerprint density at radius 3 is 3.30 bits per heavy atom. The molecule has 0 aliphatic heterocycles. The Labute approximate surface area is 57.6 Å². The summed E-state index contributed by atoms with van der Waals surface area (Å²) in [5.41, 5.74) is 6.66. The van der Waals surface area contributed by atoms with Gasteiger partial charge in [-0.2, -0.15) is 5.10 Å². The Balaban J connectivity index is 2.79. The normalized spacial score (nSPS) is 9.30. The van der Waals surface area contributed by atoms with Gasteiger partial charge >= 0.3 is 0 Å². The van der Waals surface area contributed by atoms with Gasteiger partial charge in [0, 0.05) is 6.54 Å². The molecule has 1 aromatic rings. The van der Waals surface area contributed by atoms with Crippen molar-refractivity contribution in [3.63, 3.8) is 0 Å². The number of hydrogen-bond donors (Lipinski definition) is 3. The predicted octanol–water partition coefficient (Wildman–Crippen LogP) is -0.563. The Morgan fingerprint density at radius 1 is 1.90 bits per heavy atom. The van der Waals surface area contributed by atoms with Gasteiger partial charge in [-0.25, -0.2) is 0 Å². The second-order valence-corrected chi connectivity index (χ2v) is 1.73. The Bertz CT molecular complexity index is 219. The predicted molar refractivity (Wildman–Crippen MR) is 36.2 cm³/mol. The summed E-state index contributed by atoms with van der Waals surface area (Å²) in [6, 6.07) is 0. The minimum Gasteiger partial charge on any atom is -0.326 e. The summed E-state index contributed by atoms with van der Waals surface area (Å²) in [4.78, 5) is 9.95. The summed E-state index contributed by atoms with van der Waals surface area (Å²) in [6.07, 6.45) is 2.10. The Hall–Kier alpha value is -1.36. The van der Waals surface area contributed by atoms with Gasteiger partial charge in [-0.1, -0.05) is 0 Å². The van der Waals surface area contributed by atoms with Crippen LogP contribution in [0.15, 0.2) is 6.20 Å². The summed E-state index contributed by atoms with van der Waals surface area (Å²) in [5, 5.41) is 8.78. The highest BCUT2D eigenvalue weighted by molar-refractivity contribution is 5.71. The number of rotatable bonds is 3. The topological polar surface area (TPSA) is 83.8 Å². The molecule has 0 radical (unpaired) electrons. The van der Waals surface area contributed by atoms with Crippen LogP contribution in [0.1, 0.15) is 5.69 Å². The maximum absolute atomic E-state index is 9.95. The molecule has 0 fully saturated rings.